The Kier molecular flexibility index (Phi) is 7.74. The van der Waals surface area contributed by atoms with Crippen LogP contribution in [0.3, 0.4) is 0 Å². The fraction of sp³-hybridized carbons (Fsp3) is 0. The Hall–Kier alpha value is -4.44. The molecule has 0 aliphatic rings. The lowest BCUT2D eigenvalue weighted by molar-refractivity contribution is 0.101. The number of phenolic OH excluding ortho intramolecular Hbond substituents is 1. The van der Waals surface area contributed by atoms with Crippen LogP contribution in [0.2, 0.25) is 10.0 Å². The molecule has 39 heavy (non-hydrogen) atoms. The Labute approximate surface area is 237 Å². The maximum atomic E-state index is 12.7. The molecule has 0 atom stereocenters. The Morgan fingerprint density at radius 2 is 1.31 bits per heavy atom. The van der Waals surface area contributed by atoms with Gasteiger partial charge in [-0.3, -0.25) is 14.9 Å². The number of aromatic nitrogens is 2. The maximum Gasteiger partial charge on any atom is 0.257 e. The molecule has 0 aliphatic heterocycles. The van der Waals surface area contributed by atoms with E-state index in [9.17, 15) is 14.7 Å². The van der Waals surface area contributed by atoms with Gasteiger partial charge in [-0.25, -0.2) is 0 Å². The fourth-order valence-electron chi connectivity index (χ4n) is 3.58. The first-order chi connectivity index (χ1) is 18.9. The average Bonchev–Trinajstić information content (AvgIpc) is 3.40. The van der Waals surface area contributed by atoms with E-state index >= 15 is 0 Å². The highest BCUT2D eigenvalue weighted by atomic mass is 35.5. The molecule has 0 spiro atoms. The molecule has 194 valence electrons. The first-order valence-corrected chi connectivity index (χ1v) is 13.1. The topological polar surface area (TPSA) is 116 Å². The van der Waals surface area contributed by atoms with Crippen molar-refractivity contribution >= 4 is 68.5 Å². The quantitative estimate of drug-likeness (QED) is 0.160. The van der Waals surface area contributed by atoms with Crippen LogP contribution in [0.25, 0.3) is 10.6 Å². The molecule has 1 heterocycles. The molecule has 11 heteroatoms. The van der Waals surface area contributed by atoms with Gasteiger partial charge in [-0.15, -0.1) is 10.2 Å². The molecule has 4 aromatic carbocycles. The monoisotopic (exact) mass is 575 g/mol. The van der Waals surface area contributed by atoms with Crippen LogP contribution < -0.4 is 16.0 Å². The number of rotatable bonds is 7. The summed E-state index contributed by atoms with van der Waals surface area (Å²) in [4.78, 5) is 25.4. The number of phenols is 1. The van der Waals surface area contributed by atoms with Crippen molar-refractivity contribution < 1.29 is 14.7 Å². The largest absolute Gasteiger partial charge is 0.506 e. The van der Waals surface area contributed by atoms with Gasteiger partial charge in [0.1, 0.15) is 5.75 Å². The van der Waals surface area contributed by atoms with Gasteiger partial charge in [0.25, 0.3) is 11.8 Å². The second kappa shape index (κ2) is 11.5. The van der Waals surface area contributed by atoms with Crippen molar-refractivity contribution in [3.63, 3.8) is 0 Å². The molecule has 5 aromatic rings. The number of carbonyl (C=O) groups is 2. The molecule has 1 aromatic heterocycles. The number of nitrogens with zero attached hydrogens (tertiary/aromatic N) is 2. The van der Waals surface area contributed by atoms with Crippen molar-refractivity contribution in [2.45, 2.75) is 0 Å². The molecule has 0 aliphatic carbocycles. The maximum absolute atomic E-state index is 12.7. The lowest BCUT2D eigenvalue weighted by atomic mass is 10.1. The van der Waals surface area contributed by atoms with E-state index < -0.39 is 5.91 Å². The summed E-state index contributed by atoms with van der Waals surface area (Å²) in [7, 11) is 0. The van der Waals surface area contributed by atoms with E-state index in [1.807, 2.05) is 42.5 Å². The number of aromatic hydroxyl groups is 1. The highest BCUT2D eigenvalue weighted by molar-refractivity contribution is 7.18. The van der Waals surface area contributed by atoms with E-state index in [0.29, 0.717) is 32.4 Å². The van der Waals surface area contributed by atoms with Gasteiger partial charge < -0.3 is 15.7 Å². The summed E-state index contributed by atoms with van der Waals surface area (Å²) in [6, 6.07) is 26.3. The standard InChI is InChI=1S/C28H19Cl2N5O3S/c29-18-14-22(24(36)23(30)15-18)27-34-35-28(39-27)33-26(38)17-8-6-16(7-9-17)25(37)32-21-12-10-20(11-13-21)31-19-4-2-1-3-5-19/h1-15,31,36H,(H,32,37)(H,33,35,38). The van der Waals surface area contributed by atoms with E-state index in [0.717, 1.165) is 22.7 Å². The molecule has 0 fully saturated rings. The Bertz CT molecular complexity index is 1640. The number of anilines is 4. The van der Waals surface area contributed by atoms with Crippen molar-refractivity contribution in [2.75, 3.05) is 16.0 Å². The minimum atomic E-state index is -0.431. The van der Waals surface area contributed by atoms with E-state index in [2.05, 4.69) is 26.1 Å². The highest BCUT2D eigenvalue weighted by Gasteiger charge is 2.17. The predicted molar refractivity (Wildman–Crippen MR) is 156 cm³/mol. The molecular formula is C28H19Cl2N5O3S. The minimum Gasteiger partial charge on any atom is -0.506 e. The second-order valence-corrected chi connectivity index (χ2v) is 10.1. The van der Waals surface area contributed by atoms with Crippen LogP contribution in [-0.4, -0.2) is 27.1 Å². The van der Waals surface area contributed by atoms with Gasteiger partial charge in [0.15, 0.2) is 5.01 Å². The molecule has 0 saturated heterocycles. The summed E-state index contributed by atoms with van der Waals surface area (Å²) in [6.07, 6.45) is 0. The van der Waals surface area contributed by atoms with Crippen LogP contribution in [0.5, 0.6) is 5.75 Å². The number of carbonyl (C=O) groups excluding carboxylic acids is 2. The minimum absolute atomic E-state index is 0.0829. The van der Waals surface area contributed by atoms with Gasteiger partial charge in [-0.05, 0) is 72.8 Å². The van der Waals surface area contributed by atoms with Gasteiger partial charge >= 0.3 is 0 Å². The summed E-state index contributed by atoms with van der Waals surface area (Å²) < 4.78 is 0. The Morgan fingerprint density at radius 3 is 1.97 bits per heavy atom. The molecule has 2 amide bonds. The lowest BCUT2D eigenvalue weighted by Gasteiger charge is -2.09. The van der Waals surface area contributed by atoms with Crippen LogP contribution in [0.4, 0.5) is 22.2 Å². The molecule has 0 radical (unpaired) electrons. The van der Waals surface area contributed by atoms with Gasteiger partial charge in [-0.2, -0.15) is 0 Å². The van der Waals surface area contributed by atoms with Gasteiger partial charge in [0.2, 0.25) is 5.13 Å². The van der Waals surface area contributed by atoms with E-state index in [1.54, 1.807) is 36.4 Å². The number of nitrogens with one attached hydrogen (secondary N) is 3. The zero-order chi connectivity index (χ0) is 27.4. The van der Waals surface area contributed by atoms with Gasteiger partial charge in [0, 0.05) is 33.2 Å². The Balaban J connectivity index is 1.19. The smallest absolute Gasteiger partial charge is 0.257 e. The van der Waals surface area contributed by atoms with E-state index in [4.69, 9.17) is 23.2 Å². The number of hydrogen-bond donors (Lipinski definition) is 4. The number of para-hydroxylation sites is 1. The van der Waals surface area contributed by atoms with Crippen molar-refractivity contribution in [3.05, 3.63) is 112 Å². The predicted octanol–water partition coefficient (Wildman–Crippen LogP) is 7.47. The zero-order valence-electron chi connectivity index (χ0n) is 20.0. The van der Waals surface area contributed by atoms with Crippen molar-refractivity contribution in [3.8, 4) is 16.3 Å². The zero-order valence-corrected chi connectivity index (χ0v) is 22.3. The third-order valence-electron chi connectivity index (χ3n) is 5.52. The number of hydrogen-bond acceptors (Lipinski definition) is 7. The van der Waals surface area contributed by atoms with Crippen molar-refractivity contribution in [1.82, 2.24) is 10.2 Å². The first-order valence-electron chi connectivity index (χ1n) is 11.5. The third-order valence-corrected chi connectivity index (χ3v) is 6.90. The average molecular weight is 576 g/mol. The summed E-state index contributed by atoms with van der Waals surface area (Å²) in [5.41, 5.74) is 3.53. The number of benzene rings is 4. The SMILES string of the molecule is O=C(Nc1ccc(Nc2ccccc2)cc1)c1ccc(C(=O)Nc2nnc(-c3cc(Cl)cc(Cl)c3O)s2)cc1. The molecule has 5 rings (SSSR count). The molecular weight excluding hydrogens is 557 g/mol. The lowest BCUT2D eigenvalue weighted by Crippen LogP contribution is -2.14. The van der Waals surface area contributed by atoms with Crippen molar-refractivity contribution in [1.29, 1.82) is 0 Å². The van der Waals surface area contributed by atoms with Crippen LogP contribution in [0.15, 0.2) is 91.0 Å². The van der Waals surface area contributed by atoms with E-state index in [1.165, 1.54) is 12.1 Å². The molecule has 0 bridgehead atoms. The summed E-state index contributed by atoms with van der Waals surface area (Å²) >= 11 is 13.0. The molecule has 8 nitrogen and oxygen atoms in total. The second-order valence-electron chi connectivity index (χ2n) is 8.25. The molecule has 0 unspecified atom stereocenters. The van der Waals surface area contributed by atoms with Crippen LogP contribution in [0, 0.1) is 0 Å². The van der Waals surface area contributed by atoms with Crippen LogP contribution in [0.1, 0.15) is 20.7 Å². The van der Waals surface area contributed by atoms with Crippen LogP contribution >= 0.6 is 34.5 Å². The highest BCUT2D eigenvalue weighted by Crippen LogP contribution is 2.39. The number of amides is 2. The van der Waals surface area contributed by atoms with Crippen LogP contribution in [-0.2, 0) is 0 Å². The number of halogens is 2. The third kappa shape index (κ3) is 6.35. The van der Waals surface area contributed by atoms with Crippen molar-refractivity contribution in [2.24, 2.45) is 0 Å². The fourth-order valence-corrected chi connectivity index (χ4v) is 4.83. The molecule has 4 N–H and O–H groups in total. The summed E-state index contributed by atoms with van der Waals surface area (Å²) in [5.74, 6) is -0.914. The summed E-state index contributed by atoms with van der Waals surface area (Å²) in [6.45, 7) is 0. The molecule has 0 saturated carbocycles. The first kappa shape index (κ1) is 26.2. The normalized spacial score (nSPS) is 10.6. The van der Waals surface area contributed by atoms with Gasteiger partial charge in [-0.1, -0.05) is 52.7 Å². The Morgan fingerprint density at radius 1 is 0.718 bits per heavy atom. The summed E-state index contributed by atoms with van der Waals surface area (Å²) in [5, 5.41) is 27.9. The van der Waals surface area contributed by atoms with E-state index in [-0.39, 0.29) is 21.8 Å². The van der Waals surface area contributed by atoms with Gasteiger partial charge in [0.05, 0.1) is 10.6 Å².